The van der Waals surface area contributed by atoms with Crippen molar-refractivity contribution < 1.29 is 13.2 Å². The molecule has 1 heterocycles. The minimum atomic E-state index is -3.69. The molecule has 3 rings (SSSR count). The number of carbonyl (C=O) groups is 1. The highest BCUT2D eigenvalue weighted by molar-refractivity contribution is 7.92. The Balaban J connectivity index is 1.61. The van der Waals surface area contributed by atoms with Crippen LogP contribution in [0.1, 0.15) is 4.88 Å². The number of amides is 1. The van der Waals surface area contributed by atoms with Crippen LogP contribution in [-0.4, -0.2) is 26.5 Å². The number of para-hydroxylation sites is 1. The number of carbonyl (C=O) groups excluding carboxylic acids is 1. The lowest BCUT2D eigenvalue weighted by molar-refractivity contribution is -0.115. The maximum absolute atomic E-state index is 12.8. The number of nitrogens with one attached hydrogen (secondary N) is 2. The van der Waals surface area contributed by atoms with Crippen LogP contribution in [0.2, 0.25) is 0 Å². The summed E-state index contributed by atoms with van der Waals surface area (Å²) in [7, 11) is -2.19. The number of sulfonamides is 1. The molecule has 30 heavy (non-hydrogen) atoms. The first-order valence-corrected chi connectivity index (χ1v) is 11.6. The first-order chi connectivity index (χ1) is 14.4. The number of hydrogen-bond acceptors (Lipinski definition) is 5. The predicted octanol–water partition coefficient (Wildman–Crippen LogP) is 4.10. The van der Waals surface area contributed by atoms with E-state index in [9.17, 15) is 13.2 Å². The Morgan fingerprint density at radius 2 is 1.73 bits per heavy atom. The Kier molecular flexibility index (Phi) is 6.99. The van der Waals surface area contributed by atoms with Crippen LogP contribution in [0.25, 0.3) is 6.08 Å². The van der Waals surface area contributed by atoms with Crippen LogP contribution in [0.5, 0.6) is 0 Å². The average molecular weight is 458 g/mol. The van der Waals surface area contributed by atoms with Crippen molar-refractivity contribution in [1.82, 2.24) is 5.32 Å². The number of benzene rings is 2. The molecule has 0 unspecified atom stereocenters. The summed E-state index contributed by atoms with van der Waals surface area (Å²) in [6, 6.07) is 18.8. The summed E-state index contributed by atoms with van der Waals surface area (Å²) >= 11 is 6.66. The molecule has 0 spiro atoms. The van der Waals surface area contributed by atoms with E-state index in [4.69, 9.17) is 12.2 Å². The topological polar surface area (TPSA) is 78.5 Å². The summed E-state index contributed by atoms with van der Waals surface area (Å²) in [5.74, 6) is -0.357. The zero-order valence-electron chi connectivity index (χ0n) is 16.0. The minimum absolute atomic E-state index is 0.118. The van der Waals surface area contributed by atoms with Crippen LogP contribution in [0.15, 0.2) is 83.1 Å². The molecule has 0 saturated heterocycles. The fourth-order valence-electron chi connectivity index (χ4n) is 2.50. The molecular formula is C21H19N3O3S3. The number of hydrogen-bond donors (Lipinski definition) is 2. The SMILES string of the molecule is CN(c1ccccc1)S(=O)(=O)c1ccc(NC(=S)NC(=O)/C=C\c2cccs2)cc1. The maximum Gasteiger partial charge on any atom is 0.264 e. The maximum atomic E-state index is 12.8. The Morgan fingerprint density at radius 1 is 1.03 bits per heavy atom. The second kappa shape index (κ2) is 9.66. The average Bonchev–Trinajstić information content (AvgIpc) is 3.26. The molecule has 0 aliphatic rings. The van der Waals surface area contributed by atoms with Crippen molar-refractivity contribution >= 4 is 62.0 Å². The monoisotopic (exact) mass is 457 g/mol. The number of thiocarbonyl (C=S) groups is 1. The summed E-state index contributed by atoms with van der Waals surface area (Å²) in [6.07, 6.45) is 3.10. The van der Waals surface area contributed by atoms with Gasteiger partial charge in [-0.25, -0.2) is 8.42 Å². The van der Waals surface area contributed by atoms with Gasteiger partial charge >= 0.3 is 0 Å². The highest BCUT2D eigenvalue weighted by Gasteiger charge is 2.21. The van der Waals surface area contributed by atoms with E-state index in [0.717, 1.165) is 4.88 Å². The standard InChI is InChI=1S/C21H19N3O3S3/c1-24(17-6-3-2-4-7-17)30(26,27)19-12-9-16(10-13-19)22-21(28)23-20(25)14-11-18-8-5-15-29-18/h2-15H,1H3,(H2,22,23,25,28)/b14-11-. The fraction of sp³-hybridized carbons (Fsp3) is 0.0476. The van der Waals surface area contributed by atoms with Crippen molar-refractivity contribution in [2.45, 2.75) is 4.90 Å². The van der Waals surface area contributed by atoms with Crippen LogP contribution in [0.3, 0.4) is 0 Å². The van der Waals surface area contributed by atoms with Crippen molar-refractivity contribution in [1.29, 1.82) is 0 Å². The molecule has 0 radical (unpaired) electrons. The quantitative estimate of drug-likeness (QED) is 0.430. The van der Waals surface area contributed by atoms with Gasteiger partial charge in [-0.15, -0.1) is 11.3 Å². The van der Waals surface area contributed by atoms with Gasteiger partial charge in [-0.05, 0) is 66.1 Å². The molecule has 0 atom stereocenters. The van der Waals surface area contributed by atoms with E-state index in [2.05, 4.69) is 10.6 Å². The van der Waals surface area contributed by atoms with Gasteiger partial charge in [-0.3, -0.25) is 14.4 Å². The highest BCUT2D eigenvalue weighted by Crippen LogP contribution is 2.22. The third-order valence-corrected chi connectivity index (χ3v) is 6.91. The molecular weight excluding hydrogens is 438 g/mol. The molecule has 154 valence electrons. The molecule has 0 aliphatic carbocycles. The van der Waals surface area contributed by atoms with Gasteiger partial charge in [-0.2, -0.15) is 0 Å². The Morgan fingerprint density at radius 3 is 2.37 bits per heavy atom. The van der Waals surface area contributed by atoms with Crippen LogP contribution in [0, 0.1) is 0 Å². The van der Waals surface area contributed by atoms with E-state index in [0.29, 0.717) is 11.4 Å². The van der Waals surface area contributed by atoms with E-state index in [1.54, 1.807) is 42.5 Å². The second-order valence-corrected chi connectivity index (χ2v) is 9.48. The van der Waals surface area contributed by atoms with E-state index in [-0.39, 0.29) is 15.9 Å². The van der Waals surface area contributed by atoms with Crippen molar-refractivity contribution in [3.8, 4) is 0 Å². The molecule has 6 nitrogen and oxygen atoms in total. The summed E-state index contributed by atoms with van der Waals surface area (Å²) in [4.78, 5) is 13.0. The third-order valence-electron chi connectivity index (χ3n) is 4.07. The van der Waals surface area contributed by atoms with Gasteiger partial charge < -0.3 is 5.32 Å². The molecule has 3 aromatic rings. The first-order valence-electron chi connectivity index (χ1n) is 8.84. The summed E-state index contributed by atoms with van der Waals surface area (Å²) in [5, 5.41) is 7.45. The van der Waals surface area contributed by atoms with Gasteiger partial charge in [0.15, 0.2) is 5.11 Å². The Bertz CT molecular complexity index is 1140. The Hall–Kier alpha value is -3.01. The van der Waals surface area contributed by atoms with Crippen molar-refractivity contribution in [3.05, 3.63) is 83.1 Å². The van der Waals surface area contributed by atoms with Crippen LogP contribution in [-0.2, 0) is 14.8 Å². The van der Waals surface area contributed by atoms with Crippen molar-refractivity contribution in [2.75, 3.05) is 16.7 Å². The largest absolute Gasteiger partial charge is 0.332 e. The highest BCUT2D eigenvalue weighted by atomic mass is 32.2. The lowest BCUT2D eigenvalue weighted by atomic mass is 10.3. The van der Waals surface area contributed by atoms with Gasteiger partial charge in [0.25, 0.3) is 10.0 Å². The molecule has 1 amide bonds. The Labute approximate surface area is 184 Å². The van der Waals surface area contributed by atoms with Gasteiger partial charge in [0.1, 0.15) is 0 Å². The lowest BCUT2D eigenvalue weighted by Gasteiger charge is -2.19. The molecule has 9 heteroatoms. The summed E-state index contributed by atoms with van der Waals surface area (Å²) < 4.78 is 26.8. The lowest BCUT2D eigenvalue weighted by Crippen LogP contribution is -2.32. The number of anilines is 2. The third kappa shape index (κ3) is 5.53. The number of thiophene rings is 1. The number of nitrogens with zero attached hydrogens (tertiary/aromatic N) is 1. The van der Waals surface area contributed by atoms with Gasteiger partial charge in [-0.1, -0.05) is 24.3 Å². The van der Waals surface area contributed by atoms with Crippen molar-refractivity contribution in [3.63, 3.8) is 0 Å². The van der Waals surface area contributed by atoms with Crippen LogP contribution < -0.4 is 14.9 Å². The normalized spacial score (nSPS) is 11.2. The van der Waals surface area contributed by atoms with Gasteiger partial charge in [0.2, 0.25) is 5.91 Å². The van der Waals surface area contributed by atoms with E-state index >= 15 is 0 Å². The van der Waals surface area contributed by atoms with E-state index in [1.165, 1.54) is 40.9 Å². The zero-order valence-corrected chi connectivity index (χ0v) is 18.4. The van der Waals surface area contributed by atoms with Gasteiger partial charge in [0.05, 0.1) is 10.6 Å². The summed E-state index contributed by atoms with van der Waals surface area (Å²) in [5.41, 5.74) is 1.13. The molecule has 0 saturated carbocycles. The second-order valence-electron chi connectivity index (χ2n) is 6.12. The van der Waals surface area contributed by atoms with Crippen LogP contribution in [0.4, 0.5) is 11.4 Å². The van der Waals surface area contributed by atoms with E-state index < -0.39 is 10.0 Å². The number of rotatable bonds is 6. The molecule has 0 aliphatic heterocycles. The molecule has 1 aromatic heterocycles. The smallest absolute Gasteiger partial charge is 0.264 e. The zero-order chi connectivity index (χ0) is 21.6. The minimum Gasteiger partial charge on any atom is -0.332 e. The van der Waals surface area contributed by atoms with Crippen molar-refractivity contribution in [2.24, 2.45) is 0 Å². The van der Waals surface area contributed by atoms with Gasteiger partial charge in [0, 0.05) is 23.7 Å². The molecule has 2 N–H and O–H groups in total. The molecule has 2 aromatic carbocycles. The fourth-order valence-corrected chi connectivity index (χ4v) is 4.54. The predicted molar refractivity (Wildman–Crippen MR) is 126 cm³/mol. The molecule has 0 fully saturated rings. The van der Waals surface area contributed by atoms with Crippen LogP contribution >= 0.6 is 23.6 Å². The van der Waals surface area contributed by atoms with E-state index in [1.807, 2.05) is 23.6 Å². The summed E-state index contributed by atoms with van der Waals surface area (Å²) in [6.45, 7) is 0. The first kappa shape index (κ1) is 21.7. The molecule has 0 bridgehead atoms.